The van der Waals surface area contributed by atoms with Crippen LogP contribution >= 0.6 is 0 Å². The second-order valence-corrected chi connectivity index (χ2v) is 5.99. The number of hydrogen-bond donors (Lipinski definition) is 1. The number of carbonyl (C=O) groups is 2. The van der Waals surface area contributed by atoms with Crippen LogP contribution in [0, 0.1) is 0 Å². The van der Waals surface area contributed by atoms with Crippen molar-refractivity contribution in [1.29, 1.82) is 0 Å². The van der Waals surface area contributed by atoms with Crippen LogP contribution in [-0.4, -0.2) is 40.1 Å². The van der Waals surface area contributed by atoms with Crippen LogP contribution in [0.2, 0.25) is 0 Å². The number of ether oxygens (including phenoxy) is 4. The Morgan fingerprint density at radius 3 is 2.11 bits per heavy atom. The van der Waals surface area contributed by atoms with Gasteiger partial charge in [0.2, 0.25) is 5.75 Å². The highest BCUT2D eigenvalue weighted by Gasteiger charge is 2.35. The molecule has 0 spiro atoms. The molecule has 0 atom stereocenters. The molecule has 3 aromatic carbocycles. The van der Waals surface area contributed by atoms with Gasteiger partial charge in [-0.2, -0.15) is 0 Å². The van der Waals surface area contributed by atoms with Crippen LogP contribution in [0.5, 0.6) is 23.0 Å². The normalized spacial score (nSPS) is 12.9. The van der Waals surface area contributed by atoms with E-state index in [9.17, 15) is 9.59 Å². The first-order valence-corrected chi connectivity index (χ1v) is 8.18. The minimum atomic E-state index is -0.733. The Kier molecular flexibility index (Phi) is 3.80. The van der Waals surface area contributed by atoms with Gasteiger partial charge < -0.3 is 24.3 Å². The molecule has 0 saturated heterocycles. The van der Waals surface area contributed by atoms with Gasteiger partial charge in [0.1, 0.15) is 5.75 Å². The number of amides is 1. The van der Waals surface area contributed by atoms with Crippen LogP contribution < -0.4 is 24.3 Å². The first kappa shape index (κ1) is 17.0. The van der Waals surface area contributed by atoms with Gasteiger partial charge in [-0.15, -0.1) is 0 Å². The summed E-state index contributed by atoms with van der Waals surface area (Å²) in [7, 11) is 5.97. The molecule has 1 N–H and O–H groups in total. The van der Waals surface area contributed by atoms with Crippen molar-refractivity contribution in [2.24, 2.45) is 0 Å². The summed E-state index contributed by atoms with van der Waals surface area (Å²) in [6, 6.07) is 7.36. The van der Waals surface area contributed by atoms with E-state index in [4.69, 9.17) is 18.9 Å². The van der Waals surface area contributed by atoms with Crippen molar-refractivity contribution in [3.05, 3.63) is 29.8 Å². The van der Waals surface area contributed by atoms with Gasteiger partial charge in [0.05, 0.1) is 39.7 Å². The molecule has 0 bridgehead atoms. The highest BCUT2D eigenvalue weighted by atomic mass is 16.5. The van der Waals surface area contributed by atoms with E-state index in [1.165, 1.54) is 21.3 Å². The van der Waals surface area contributed by atoms with Crippen molar-refractivity contribution < 1.29 is 28.5 Å². The van der Waals surface area contributed by atoms with Crippen LogP contribution in [0.15, 0.2) is 24.3 Å². The summed E-state index contributed by atoms with van der Waals surface area (Å²) in [5.41, 5.74) is 0.648. The van der Waals surface area contributed by atoms with Crippen LogP contribution in [0.1, 0.15) is 10.4 Å². The van der Waals surface area contributed by atoms with Crippen LogP contribution in [0.25, 0.3) is 21.5 Å². The van der Waals surface area contributed by atoms with Gasteiger partial charge in [0.15, 0.2) is 11.5 Å². The third-order valence-corrected chi connectivity index (χ3v) is 4.77. The molecule has 4 rings (SSSR count). The van der Waals surface area contributed by atoms with Gasteiger partial charge in [0, 0.05) is 16.2 Å². The van der Waals surface area contributed by atoms with Crippen LogP contribution in [0.4, 0.5) is 5.69 Å². The maximum atomic E-state index is 12.7. The summed E-state index contributed by atoms with van der Waals surface area (Å²) in [5, 5.41) is 5.43. The van der Waals surface area contributed by atoms with E-state index < -0.39 is 11.7 Å². The lowest BCUT2D eigenvalue weighted by atomic mass is 9.90. The molecule has 0 fully saturated rings. The first-order chi connectivity index (χ1) is 13.1. The van der Waals surface area contributed by atoms with Gasteiger partial charge in [-0.05, 0) is 17.5 Å². The largest absolute Gasteiger partial charge is 0.496 e. The number of nitrogens with one attached hydrogen (secondary N) is 1. The van der Waals surface area contributed by atoms with E-state index >= 15 is 0 Å². The topological polar surface area (TPSA) is 83.1 Å². The summed E-state index contributed by atoms with van der Waals surface area (Å²) in [6.45, 7) is 0. The number of methoxy groups -OCH3 is 4. The highest BCUT2D eigenvalue weighted by Crippen LogP contribution is 2.53. The summed E-state index contributed by atoms with van der Waals surface area (Å²) < 4.78 is 22.1. The second kappa shape index (κ2) is 6.05. The maximum absolute atomic E-state index is 12.7. The standard InChI is InChI=1S/C20H17NO6/c1-24-12-7-5-6-9-10(12)8-11-14-13(9)17(25-2)19(27-4)18(26-3)15(14)16(22)20(23)21-11/h5-8H,1-4H3,(H,21,23). The zero-order valence-corrected chi connectivity index (χ0v) is 15.3. The van der Waals surface area contributed by atoms with E-state index in [0.29, 0.717) is 28.0 Å². The Bertz CT molecular complexity index is 1130. The molecule has 0 saturated carbocycles. The fraction of sp³-hybridized carbons (Fsp3) is 0.200. The fourth-order valence-corrected chi connectivity index (χ4v) is 3.70. The maximum Gasteiger partial charge on any atom is 0.296 e. The Balaban J connectivity index is 2.36. The third kappa shape index (κ3) is 2.14. The Hall–Kier alpha value is -3.48. The molecule has 0 radical (unpaired) electrons. The Morgan fingerprint density at radius 2 is 1.48 bits per heavy atom. The molecule has 138 valence electrons. The monoisotopic (exact) mass is 367 g/mol. The molecule has 1 heterocycles. The number of fused-ring (bicyclic) bond motifs is 2. The predicted molar refractivity (Wildman–Crippen MR) is 101 cm³/mol. The van der Waals surface area contributed by atoms with E-state index in [0.717, 1.165) is 10.8 Å². The highest BCUT2D eigenvalue weighted by molar-refractivity contribution is 6.53. The van der Waals surface area contributed by atoms with Gasteiger partial charge in [0.25, 0.3) is 11.7 Å². The van der Waals surface area contributed by atoms with Crippen LogP contribution in [-0.2, 0) is 4.79 Å². The van der Waals surface area contributed by atoms with Crippen molar-refractivity contribution in [2.45, 2.75) is 0 Å². The van der Waals surface area contributed by atoms with Crippen molar-refractivity contribution in [2.75, 3.05) is 33.8 Å². The van der Waals surface area contributed by atoms with Gasteiger partial charge in [-0.1, -0.05) is 12.1 Å². The Labute approximate surface area is 154 Å². The van der Waals surface area contributed by atoms with E-state index in [1.807, 2.05) is 18.2 Å². The molecular formula is C20H17NO6. The minimum absolute atomic E-state index is 0.161. The quantitative estimate of drug-likeness (QED) is 0.563. The lowest BCUT2D eigenvalue weighted by Crippen LogP contribution is -2.28. The zero-order valence-electron chi connectivity index (χ0n) is 15.3. The summed E-state index contributed by atoms with van der Waals surface area (Å²) >= 11 is 0. The molecule has 7 heteroatoms. The average molecular weight is 367 g/mol. The van der Waals surface area contributed by atoms with E-state index in [1.54, 1.807) is 13.2 Å². The van der Waals surface area contributed by atoms with Gasteiger partial charge in [-0.25, -0.2) is 0 Å². The molecule has 0 aromatic heterocycles. The zero-order chi connectivity index (χ0) is 19.3. The summed E-state index contributed by atoms with van der Waals surface area (Å²) in [4.78, 5) is 25.0. The number of rotatable bonds is 4. The predicted octanol–water partition coefficient (Wildman–Crippen LogP) is 3.16. The van der Waals surface area contributed by atoms with Gasteiger partial charge >= 0.3 is 0 Å². The number of Topliss-reactive ketones (excluding diaryl/α,β-unsaturated/α-hetero) is 1. The van der Waals surface area contributed by atoms with Crippen LogP contribution in [0.3, 0.4) is 0 Å². The minimum Gasteiger partial charge on any atom is -0.496 e. The second-order valence-electron chi connectivity index (χ2n) is 5.99. The summed E-state index contributed by atoms with van der Waals surface area (Å²) in [5.74, 6) is 0.0560. The molecule has 0 aliphatic carbocycles. The van der Waals surface area contributed by atoms with Crippen molar-refractivity contribution in [3.8, 4) is 23.0 Å². The SMILES string of the molecule is COc1c(OC)c(OC)c2c3c(cc4c(OC)cccc42)NC(=O)C(=O)c13. The molecular weight excluding hydrogens is 350 g/mol. The van der Waals surface area contributed by atoms with Gasteiger partial charge in [-0.3, -0.25) is 9.59 Å². The van der Waals surface area contributed by atoms with Crippen molar-refractivity contribution in [1.82, 2.24) is 0 Å². The molecule has 1 aliphatic rings. The number of benzene rings is 3. The van der Waals surface area contributed by atoms with E-state index in [-0.39, 0.29) is 17.1 Å². The molecule has 7 nitrogen and oxygen atoms in total. The smallest absolute Gasteiger partial charge is 0.296 e. The summed E-state index contributed by atoms with van der Waals surface area (Å²) in [6.07, 6.45) is 0. The molecule has 27 heavy (non-hydrogen) atoms. The number of hydrogen-bond acceptors (Lipinski definition) is 6. The lowest BCUT2D eigenvalue weighted by molar-refractivity contribution is -0.112. The average Bonchev–Trinajstić information content (AvgIpc) is 2.69. The molecule has 0 unspecified atom stereocenters. The van der Waals surface area contributed by atoms with E-state index in [2.05, 4.69) is 5.32 Å². The van der Waals surface area contributed by atoms with Crippen molar-refractivity contribution in [3.63, 3.8) is 0 Å². The lowest BCUT2D eigenvalue weighted by Gasteiger charge is -2.24. The molecule has 3 aromatic rings. The third-order valence-electron chi connectivity index (χ3n) is 4.77. The molecule has 1 amide bonds. The first-order valence-electron chi connectivity index (χ1n) is 8.18. The number of carbonyl (C=O) groups excluding carboxylic acids is 2. The number of ketones is 1. The fourth-order valence-electron chi connectivity index (χ4n) is 3.70. The Morgan fingerprint density at radius 1 is 0.778 bits per heavy atom. The number of anilines is 1. The van der Waals surface area contributed by atoms with Crippen molar-refractivity contribution >= 4 is 38.9 Å². The molecule has 1 aliphatic heterocycles.